The van der Waals surface area contributed by atoms with Gasteiger partial charge in [0.1, 0.15) is 0 Å². The van der Waals surface area contributed by atoms with Gasteiger partial charge in [0.2, 0.25) is 0 Å². The van der Waals surface area contributed by atoms with Gasteiger partial charge in [0, 0.05) is 28.6 Å². The van der Waals surface area contributed by atoms with Gasteiger partial charge in [-0.25, -0.2) is 4.31 Å². The number of hydrogen-bond acceptors (Lipinski definition) is 2. The molecule has 1 atom stereocenters. The van der Waals surface area contributed by atoms with Crippen LogP contribution in [0.1, 0.15) is 13.8 Å². The lowest BCUT2D eigenvalue weighted by Crippen LogP contribution is -2.42. The molecule has 78 valence electrons. The monoisotopic (exact) mass is 205 g/mol. The van der Waals surface area contributed by atoms with Crippen molar-refractivity contribution >= 4 is 15.6 Å². The van der Waals surface area contributed by atoms with Crippen molar-refractivity contribution in [3.8, 4) is 0 Å². The molecule has 1 aliphatic rings. The van der Waals surface area contributed by atoms with Crippen molar-refractivity contribution in [3.05, 3.63) is 0 Å². The van der Waals surface area contributed by atoms with E-state index in [4.69, 9.17) is 4.74 Å². The van der Waals surface area contributed by atoms with E-state index >= 15 is 0 Å². The van der Waals surface area contributed by atoms with Crippen LogP contribution in [0.3, 0.4) is 0 Å². The summed E-state index contributed by atoms with van der Waals surface area (Å²) in [5.74, 6) is 4.96. The van der Waals surface area contributed by atoms with E-state index in [-0.39, 0.29) is 0 Å². The highest BCUT2D eigenvalue weighted by molar-refractivity contribution is 7.98. The van der Waals surface area contributed by atoms with Crippen molar-refractivity contribution in [2.24, 2.45) is 5.92 Å². The Morgan fingerprint density at radius 2 is 2.00 bits per heavy atom. The lowest BCUT2D eigenvalue weighted by molar-refractivity contribution is 0.0748. The van der Waals surface area contributed by atoms with Crippen molar-refractivity contribution < 1.29 is 8.95 Å². The molecule has 1 unspecified atom stereocenters. The fraction of sp³-hybridized carbons (Fsp3) is 0.889. The molecule has 1 saturated heterocycles. The molecule has 4 heteroatoms. The SMILES string of the molecule is C=S(=O)(CC(C)C)N1CCOCC1. The van der Waals surface area contributed by atoms with Gasteiger partial charge in [-0.1, -0.05) is 13.8 Å². The van der Waals surface area contributed by atoms with Gasteiger partial charge in [-0.05, 0) is 11.8 Å². The second-order valence-electron chi connectivity index (χ2n) is 3.87. The second kappa shape index (κ2) is 4.44. The van der Waals surface area contributed by atoms with E-state index in [1.807, 2.05) is 4.31 Å². The van der Waals surface area contributed by atoms with Crippen LogP contribution in [0.5, 0.6) is 0 Å². The highest BCUT2D eigenvalue weighted by atomic mass is 32.2. The molecule has 0 N–H and O–H groups in total. The fourth-order valence-electron chi connectivity index (χ4n) is 1.51. The molecule has 0 spiro atoms. The summed E-state index contributed by atoms with van der Waals surface area (Å²) in [4.78, 5) is 0. The van der Waals surface area contributed by atoms with Crippen molar-refractivity contribution in [1.82, 2.24) is 4.31 Å². The van der Waals surface area contributed by atoms with Gasteiger partial charge < -0.3 is 4.74 Å². The normalized spacial score (nSPS) is 24.5. The summed E-state index contributed by atoms with van der Waals surface area (Å²) in [6.45, 7) is 7.04. The zero-order valence-corrected chi connectivity index (χ0v) is 9.31. The lowest BCUT2D eigenvalue weighted by Gasteiger charge is -2.30. The summed E-state index contributed by atoms with van der Waals surface area (Å²) in [7, 11) is -2.03. The Balaban J connectivity index is 2.57. The first-order chi connectivity index (χ1) is 6.02. The standard InChI is InChI=1S/C9H19NO2S/c1-9(2)8-13(3,11)10-4-6-12-7-5-10/h9H,3-8H2,1-2H3. The van der Waals surface area contributed by atoms with Crippen LogP contribution in [0.4, 0.5) is 0 Å². The molecule has 0 aliphatic carbocycles. The Morgan fingerprint density at radius 3 is 2.46 bits per heavy atom. The third-order valence-corrected chi connectivity index (χ3v) is 4.53. The number of nitrogens with zero attached hydrogens (tertiary/aromatic N) is 1. The highest BCUT2D eigenvalue weighted by Gasteiger charge is 2.19. The van der Waals surface area contributed by atoms with Crippen LogP contribution >= 0.6 is 0 Å². The molecule has 0 aromatic heterocycles. The van der Waals surface area contributed by atoms with Crippen molar-refractivity contribution in [3.63, 3.8) is 0 Å². The molecule has 0 bridgehead atoms. The topological polar surface area (TPSA) is 29.5 Å². The van der Waals surface area contributed by atoms with Crippen molar-refractivity contribution in [2.45, 2.75) is 13.8 Å². The van der Waals surface area contributed by atoms with Crippen LogP contribution < -0.4 is 0 Å². The third-order valence-electron chi connectivity index (χ3n) is 2.03. The molecule has 0 radical (unpaired) electrons. The molecule has 1 rings (SSSR count). The second-order valence-corrected chi connectivity index (χ2v) is 6.27. The zero-order valence-electron chi connectivity index (χ0n) is 8.49. The largest absolute Gasteiger partial charge is 0.379 e. The van der Waals surface area contributed by atoms with Crippen LogP contribution in [-0.2, 0) is 14.4 Å². The van der Waals surface area contributed by atoms with Gasteiger partial charge in [0.25, 0.3) is 0 Å². The molecule has 0 saturated carbocycles. The summed E-state index contributed by atoms with van der Waals surface area (Å²) in [6, 6.07) is 0. The van der Waals surface area contributed by atoms with Gasteiger partial charge in [-0.15, -0.1) is 0 Å². The van der Waals surface area contributed by atoms with E-state index in [0.717, 1.165) is 13.1 Å². The maximum absolute atomic E-state index is 12.1. The smallest absolute Gasteiger partial charge is 0.0604 e. The maximum Gasteiger partial charge on any atom is 0.0604 e. The van der Waals surface area contributed by atoms with Gasteiger partial charge in [0.15, 0.2) is 0 Å². The average molecular weight is 205 g/mol. The molecule has 1 aliphatic heterocycles. The van der Waals surface area contributed by atoms with E-state index < -0.39 is 9.71 Å². The number of hydrogen-bond donors (Lipinski definition) is 0. The predicted molar refractivity (Wildman–Crippen MR) is 57.4 cm³/mol. The minimum Gasteiger partial charge on any atom is -0.379 e. The van der Waals surface area contributed by atoms with Crippen LogP contribution in [-0.4, -0.2) is 46.4 Å². The van der Waals surface area contributed by atoms with Crippen LogP contribution in [0.2, 0.25) is 0 Å². The van der Waals surface area contributed by atoms with E-state index in [0.29, 0.717) is 24.9 Å². The minimum absolute atomic E-state index is 0.438. The summed E-state index contributed by atoms with van der Waals surface area (Å²) in [6.07, 6.45) is 0. The maximum atomic E-state index is 12.1. The highest BCUT2D eigenvalue weighted by Crippen LogP contribution is 2.09. The number of ether oxygens (including phenoxy) is 1. The lowest BCUT2D eigenvalue weighted by atomic mass is 10.3. The first kappa shape index (κ1) is 11.0. The fourth-order valence-corrected chi connectivity index (χ4v) is 3.57. The molecule has 1 heterocycles. The van der Waals surface area contributed by atoms with Gasteiger partial charge in [-0.3, -0.25) is 4.21 Å². The zero-order chi connectivity index (χ0) is 9.90. The van der Waals surface area contributed by atoms with Crippen LogP contribution in [0, 0.1) is 5.92 Å². The van der Waals surface area contributed by atoms with Gasteiger partial charge in [0.05, 0.1) is 13.2 Å². The third kappa shape index (κ3) is 3.29. The molecule has 0 aromatic rings. The van der Waals surface area contributed by atoms with Crippen molar-refractivity contribution in [2.75, 3.05) is 32.1 Å². The summed E-state index contributed by atoms with van der Waals surface area (Å²) >= 11 is 0. The predicted octanol–water partition coefficient (Wildman–Crippen LogP) is 0.606. The molecule has 0 aromatic carbocycles. The molecule has 0 amide bonds. The van der Waals surface area contributed by atoms with E-state index in [9.17, 15) is 4.21 Å². The van der Waals surface area contributed by atoms with Gasteiger partial charge >= 0.3 is 0 Å². The molecular formula is C9H19NO2S. The number of morpholine rings is 1. The number of rotatable bonds is 3. The summed E-state index contributed by atoms with van der Waals surface area (Å²) in [5, 5.41) is 0. The minimum atomic E-state index is -2.03. The van der Waals surface area contributed by atoms with Crippen molar-refractivity contribution in [1.29, 1.82) is 0 Å². The Hall–Kier alpha value is -0.0600. The van der Waals surface area contributed by atoms with E-state index in [1.165, 1.54) is 0 Å². The Kier molecular flexibility index (Phi) is 3.76. The molecular weight excluding hydrogens is 186 g/mol. The van der Waals surface area contributed by atoms with Crippen LogP contribution in [0.15, 0.2) is 0 Å². The van der Waals surface area contributed by atoms with Gasteiger partial charge in [-0.2, -0.15) is 0 Å². The first-order valence-corrected chi connectivity index (χ1v) is 6.55. The molecule has 3 nitrogen and oxygen atoms in total. The average Bonchev–Trinajstić information content (AvgIpc) is 2.04. The molecule has 1 fully saturated rings. The molecule has 13 heavy (non-hydrogen) atoms. The Labute approximate surface area is 81.2 Å². The first-order valence-electron chi connectivity index (χ1n) is 4.70. The Bertz CT molecular complexity index is 240. The quantitative estimate of drug-likeness (QED) is 0.632. The Morgan fingerprint density at radius 1 is 1.46 bits per heavy atom. The van der Waals surface area contributed by atoms with E-state index in [2.05, 4.69) is 19.7 Å². The van der Waals surface area contributed by atoms with E-state index in [1.54, 1.807) is 0 Å². The van der Waals surface area contributed by atoms with Crippen LogP contribution in [0.25, 0.3) is 0 Å². The summed E-state index contributed by atoms with van der Waals surface area (Å²) in [5.41, 5.74) is 0. The summed E-state index contributed by atoms with van der Waals surface area (Å²) < 4.78 is 19.3.